The monoisotopic (exact) mass is 234 g/mol. The summed E-state index contributed by atoms with van der Waals surface area (Å²) in [6, 6.07) is 7.48. The zero-order valence-corrected chi connectivity index (χ0v) is 9.43. The summed E-state index contributed by atoms with van der Waals surface area (Å²) in [7, 11) is 0. The molecule has 0 radical (unpaired) electrons. The molecule has 1 heterocycles. The Kier molecular flexibility index (Phi) is 2.96. The lowest BCUT2D eigenvalue weighted by molar-refractivity contribution is -0.119. The summed E-state index contributed by atoms with van der Waals surface area (Å²) in [5, 5.41) is 5.31. The maximum Gasteiger partial charge on any atom is 0.241 e. The van der Waals surface area contributed by atoms with Crippen molar-refractivity contribution in [3.05, 3.63) is 36.2 Å². The van der Waals surface area contributed by atoms with Crippen LogP contribution in [0.5, 0.6) is 0 Å². The third-order valence-corrected chi connectivity index (χ3v) is 2.97. The molecule has 2 rings (SSSR count). The van der Waals surface area contributed by atoms with E-state index < -0.39 is 0 Å². The van der Waals surface area contributed by atoms with Crippen LogP contribution in [0, 0.1) is 0 Å². The molecule has 82 valence electrons. The molecule has 0 bridgehead atoms. The molecule has 1 aliphatic heterocycles. The summed E-state index contributed by atoms with van der Waals surface area (Å²) < 4.78 is 0. The highest BCUT2D eigenvalue weighted by Gasteiger charge is 2.17. The van der Waals surface area contributed by atoms with Crippen LogP contribution in [0.4, 0.5) is 5.69 Å². The fourth-order valence-corrected chi connectivity index (χ4v) is 2.12. The molecule has 1 amide bonds. The highest BCUT2D eigenvalue weighted by atomic mass is 32.2. The van der Waals surface area contributed by atoms with Crippen LogP contribution < -0.4 is 10.6 Å². The van der Waals surface area contributed by atoms with Crippen LogP contribution in [-0.2, 0) is 9.59 Å². The number of thioether (sulfide) groups is 1. The number of fused-ring (bicyclic) bond motifs is 1. The Balaban J connectivity index is 2.28. The largest absolute Gasteiger partial charge is 0.359 e. The Hall–Kier alpha value is -1.75. The lowest BCUT2D eigenvalue weighted by atomic mass is 10.3. The lowest BCUT2D eigenvalue weighted by Gasteiger charge is -2.02. The Bertz CT molecular complexity index is 483. The van der Waals surface area contributed by atoms with Gasteiger partial charge < -0.3 is 10.6 Å². The van der Waals surface area contributed by atoms with Gasteiger partial charge in [-0.2, -0.15) is 0 Å². The van der Waals surface area contributed by atoms with Crippen molar-refractivity contribution in [2.75, 3.05) is 5.32 Å². The Morgan fingerprint density at radius 1 is 1.38 bits per heavy atom. The third-order valence-electron chi connectivity index (χ3n) is 1.99. The van der Waals surface area contributed by atoms with Gasteiger partial charge in [-0.1, -0.05) is 12.1 Å². The van der Waals surface area contributed by atoms with Crippen molar-refractivity contribution in [2.24, 2.45) is 0 Å². The number of nitrogens with one attached hydrogen (secondary N) is 2. The minimum absolute atomic E-state index is 0.173. The average molecular weight is 234 g/mol. The van der Waals surface area contributed by atoms with Gasteiger partial charge in [0.25, 0.3) is 0 Å². The van der Waals surface area contributed by atoms with E-state index in [0.717, 1.165) is 22.3 Å². The Morgan fingerprint density at radius 2 is 2.12 bits per heavy atom. The molecule has 0 fully saturated rings. The maximum atomic E-state index is 11.8. The highest BCUT2D eigenvalue weighted by Crippen LogP contribution is 2.31. The fraction of sp³-hybridized carbons (Fsp3) is 0.0909. The number of carbonyl (C=O) groups is 2. The Labute approximate surface area is 97.1 Å². The van der Waals surface area contributed by atoms with Crippen molar-refractivity contribution in [2.45, 2.75) is 11.8 Å². The van der Waals surface area contributed by atoms with Gasteiger partial charge in [0.2, 0.25) is 11.0 Å². The summed E-state index contributed by atoms with van der Waals surface area (Å²) >= 11 is 1.10. The maximum absolute atomic E-state index is 11.8. The van der Waals surface area contributed by atoms with Gasteiger partial charge in [-0.15, -0.1) is 0 Å². The summed E-state index contributed by atoms with van der Waals surface area (Å²) in [5.41, 5.74) is 1.13. The smallest absolute Gasteiger partial charge is 0.241 e. The second kappa shape index (κ2) is 4.40. The summed E-state index contributed by atoms with van der Waals surface area (Å²) in [4.78, 5) is 23.5. The van der Waals surface area contributed by atoms with Gasteiger partial charge in [0, 0.05) is 18.0 Å². The van der Waals surface area contributed by atoms with E-state index in [1.54, 1.807) is 0 Å². The van der Waals surface area contributed by atoms with E-state index in [9.17, 15) is 9.59 Å². The van der Waals surface area contributed by atoms with Gasteiger partial charge in [0.1, 0.15) is 5.70 Å². The quantitative estimate of drug-likeness (QED) is 0.776. The van der Waals surface area contributed by atoms with Crippen molar-refractivity contribution in [1.82, 2.24) is 5.32 Å². The predicted octanol–water partition coefficient (Wildman–Crippen LogP) is 1.71. The van der Waals surface area contributed by atoms with Gasteiger partial charge in [-0.3, -0.25) is 9.59 Å². The van der Waals surface area contributed by atoms with Crippen molar-refractivity contribution in [3.63, 3.8) is 0 Å². The average Bonchev–Trinajstić information content (AvgIpc) is 2.39. The molecule has 0 spiro atoms. The molecule has 16 heavy (non-hydrogen) atoms. The van der Waals surface area contributed by atoms with Gasteiger partial charge in [0.15, 0.2) is 0 Å². The van der Waals surface area contributed by atoms with E-state index in [0.29, 0.717) is 0 Å². The standard InChI is InChI=1S/C11H10N2O2S/c1-7(14)13-9-6-12-8-4-2-3-5-10(8)16-11(9)15/h2-6,12H,1H3,(H,13,14). The van der Waals surface area contributed by atoms with Crippen molar-refractivity contribution >= 4 is 28.5 Å². The number of hydrogen-bond acceptors (Lipinski definition) is 4. The van der Waals surface area contributed by atoms with Crippen LogP contribution >= 0.6 is 11.8 Å². The summed E-state index contributed by atoms with van der Waals surface area (Å²) in [6.07, 6.45) is 1.52. The van der Waals surface area contributed by atoms with E-state index in [1.165, 1.54) is 13.1 Å². The van der Waals surface area contributed by atoms with E-state index in [-0.39, 0.29) is 16.7 Å². The van der Waals surface area contributed by atoms with E-state index >= 15 is 0 Å². The van der Waals surface area contributed by atoms with Crippen LogP contribution in [0.3, 0.4) is 0 Å². The number of amides is 1. The predicted molar refractivity (Wildman–Crippen MR) is 62.8 cm³/mol. The minimum atomic E-state index is -0.257. The number of benzene rings is 1. The zero-order valence-electron chi connectivity index (χ0n) is 8.61. The number of rotatable bonds is 1. The first kappa shape index (κ1) is 10.8. The molecule has 1 aromatic carbocycles. The van der Waals surface area contributed by atoms with E-state index in [2.05, 4.69) is 10.6 Å². The van der Waals surface area contributed by atoms with E-state index in [1.807, 2.05) is 24.3 Å². The number of para-hydroxylation sites is 1. The first-order valence-corrected chi connectivity index (χ1v) is 5.54. The number of anilines is 1. The van der Waals surface area contributed by atoms with Gasteiger partial charge in [-0.25, -0.2) is 0 Å². The van der Waals surface area contributed by atoms with Crippen LogP contribution in [0.25, 0.3) is 0 Å². The molecule has 4 nitrogen and oxygen atoms in total. The van der Waals surface area contributed by atoms with E-state index in [4.69, 9.17) is 0 Å². The van der Waals surface area contributed by atoms with Gasteiger partial charge in [-0.05, 0) is 23.9 Å². The fourth-order valence-electron chi connectivity index (χ4n) is 1.32. The molecular weight excluding hydrogens is 224 g/mol. The number of hydrogen-bond donors (Lipinski definition) is 2. The SMILES string of the molecule is CC(=O)NC1=CNc2ccccc2SC1=O. The molecule has 0 saturated carbocycles. The molecule has 0 aliphatic carbocycles. The Morgan fingerprint density at radius 3 is 2.88 bits per heavy atom. The summed E-state index contributed by atoms with van der Waals surface area (Å²) in [6.45, 7) is 1.37. The molecule has 2 N–H and O–H groups in total. The lowest BCUT2D eigenvalue weighted by Crippen LogP contribution is -2.23. The molecule has 5 heteroatoms. The molecular formula is C11H10N2O2S. The van der Waals surface area contributed by atoms with Gasteiger partial charge in [0.05, 0.1) is 5.69 Å². The van der Waals surface area contributed by atoms with Crippen molar-refractivity contribution in [3.8, 4) is 0 Å². The molecule has 1 aromatic rings. The minimum Gasteiger partial charge on any atom is -0.359 e. The van der Waals surface area contributed by atoms with Crippen molar-refractivity contribution in [1.29, 1.82) is 0 Å². The topological polar surface area (TPSA) is 58.2 Å². The highest BCUT2D eigenvalue weighted by molar-refractivity contribution is 8.14. The number of carbonyl (C=O) groups excluding carboxylic acids is 2. The van der Waals surface area contributed by atoms with Crippen LogP contribution in [0.1, 0.15) is 6.92 Å². The molecule has 0 unspecified atom stereocenters. The summed E-state index contributed by atoms with van der Waals surface area (Å²) in [5.74, 6) is -0.257. The van der Waals surface area contributed by atoms with Gasteiger partial charge >= 0.3 is 0 Å². The first-order chi connectivity index (χ1) is 7.66. The van der Waals surface area contributed by atoms with Crippen LogP contribution in [-0.4, -0.2) is 11.0 Å². The third kappa shape index (κ3) is 2.25. The zero-order chi connectivity index (χ0) is 11.5. The first-order valence-electron chi connectivity index (χ1n) is 4.72. The van der Waals surface area contributed by atoms with Crippen molar-refractivity contribution < 1.29 is 9.59 Å². The van der Waals surface area contributed by atoms with Crippen LogP contribution in [0.2, 0.25) is 0 Å². The molecule has 0 atom stereocenters. The molecule has 0 aromatic heterocycles. The second-order valence-corrected chi connectivity index (χ2v) is 4.28. The second-order valence-electron chi connectivity index (χ2n) is 3.27. The van der Waals surface area contributed by atoms with Crippen LogP contribution in [0.15, 0.2) is 41.1 Å². The molecule has 1 aliphatic rings. The molecule has 0 saturated heterocycles. The normalized spacial score (nSPS) is 14.3.